The van der Waals surface area contributed by atoms with E-state index in [-0.39, 0.29) is 10.1 Å². The van der Waals surface area contributed by atoms with E-state index in [1.165, 1.54) is 7.11 Å². The highest BCUT2D eigenvalue weighted by Crippen LogP contribution is 2.42. The Kier molecular flexibility index (Phi) is 10.1. The van der Waals surface area contributed by atoms with Gasteiger partial charge in [-0.1, -0.05) is 133 Å². The van der Waals surface area contributed by atoms with E-state index in [2.05, 4.69) is 0 Å². The fourth-order valence-corrected chi connectivity index (χ4v) is 5.30. The van der Waals surface area contributed by atoms with Gasteiger partial charge in [0.25, 0.3) is 0 Å². The zero-order chi connectivity index (χ0) is 29.9. The summed E-state index contributed by atoms with van der Waals surface area (Å²) < 4.78 is 17.1. The van der Waals surface area contributed by atoms with Crippen LogP contribution in [-0.2, 0) is 26.2 Å². The molecule has 0 fully saturated rings. The molecule has 2 amide bonds. The van der Waals surface area contributed by atoms with Gasteiger partial charge in [0.2, 0.25) is 5.06 Å². The molecular formula is C35H32N2O5S. The van der Waals surface area contributed by atoms with Crippen molar-refractivity contribution in [1.82, 2.24) is 9.80 Å². The van der Waals surface area contributed by atoms with E-state index < -0.39 is 12.2 Å². The molecule has 1 heterocycles. The Morgan fingerprint density at radius 3 is 1.26 bits per heavy atom. The Labute approximate surface area is 255 Å². The van der Waals surface area contributed by atoms with Gasteiger partial charge in [-0.05, 0) is 22.3 Å². The van der Waals surface area contributed by atoms with Crippen molar-refractivity contribution in [3.05, 3.63) is 150 Å². The third kappa shape index (κ3) is 8.47. The molecule has 5 rings (SSSR count). The second-order valence-electron chi connectivity index (χ2n) is 9.81. The van der Waals surface area contributed by atoms with E-state index in [4.69, 9.17) is 14.2 Å². The van der Waals surface area contributed by atoms with E-state index >= 15 is 0 Å². The number of hydrogen-bond acceptors (Lipinski definition) is 6. The smallest absolute Gasteiger partial charge is 0.416 e. The predicted molar refractivity (Wildman–Crippen MR) is 167 cm³/mol. The van der Waals surface area contributed by atoms with Crippen LogP contribution in [0.25, 0.3) is 0 Å². The van der Waals surface area contributed by atoms with Gasteiger partial charge >= 0.3 is 12.2 Å². The highest BCUT2D eigenvalue weighted by Gasteiger charge is 2.24. The molecule has 0 N–H and O–H groups in total. The lowest BCUT2D eigenvalue weighted by atomic mass is 10.2. The number of methoxy groups -OCH3 is 1. The number of benzene rings is 4. The lowest BCUT2D eigenvalue weighted by Crippen LogP contribution is -2.32. The highest BCUT2D eigenvalue weighted by atomic mass is 32.1. The minimum absolute atomic E-state index is 0.207. The maximum absolute atomic E-state index is 13.5. The second-order valence-corrected chi connectivity index (χ2v) is 10.8. The van der Waals surface area contributed by atoms with E-state index in [0.29, 0.717) is 31.9 Å². The number of thiophene rings is 1. The van der Waals surface area contributed by atoms with Gasteiger partial charge in [0, 0.05) is 32.2 Å². The molecule has 7 nitrogen and oxygen atoms in total. The summed E-state index contributed by atoms with van der Waals surface area (Å²) in [5.74, 6) is 0.304. The number of ether oxygens (including phenoxy) is 3. The van der Waals surface area contributed by atoms with Crippen molar-refractivity contribution in [1.29, 1.82) is 0 Å². The molecule has 1 aromatic heterocycles. The quantitative estimate of drug-likeness (QED) is 0.155. The van der Waals surface area contributed by atoms with E-state index in [1.807, 2.05) is 121 Å². The molecular weight excluding hydrogens is 560 g/mol. The zero-order valence-corrected chi connectivity index (χ0v) is 24.6. The van der Waals surface area contributed by atoms with Crippen molar-refractivity contribution in [2.45, 2.75) is 26.2 Å². The minimum Gasteiger partial charge on any atom is -0.492 e. The van der Waals surface area contributed by atoms with E-state index in [0.717, 1.165) is 33.6 Å². The van der Waals surface area contributed by atoms with Crippen LogP contribution < -0.4 is 14.2 Å². The SMILES string of the molecule is COc1cc(OC(=O)N(Cc2ccccc2)Cc2ccccc2)sc1OC(=O)N(Cc1ccccc1)Cc1ccccc1. The van der Waals surface area contributed by atoms with E-state index in [9.17, 15) is 9.59 Å². The van der Waals surface area contributed by atoms with Crippen LogP contribution in [0.5, 0.6) is 15.9 Å². The highest BCUT2D eigenvalue weighted by molar-refractivity contribution is 7.16. The molecule has 0 bridgehead atoms. The molecule has 0 unspecified atom stereocenters. The maximum Gasteiger partial charge on any atom is 0.416 e. The Balaban J connectivity index is 1.32. The molecule has 5 aromatic rings. The van der Waals surface area contributed by atoms with Gasteiger partial charge in [-0.15, -0.1) is 0 Å². The maximum atomic E-state index is 13.5. The third-order valence-corrected chi connectivity index (χ3v) is 7.48. The normalized spacial score (nSPS) is 10.5. The van der Waals surface area contributed by atoms with Crippen LogP contribution >= 0.6 is 11.3 Å². The molecule has 0 aliphatic rings. The predicted octanol–water partition coefficient (Wildman–Crippen LogP) is 8.16. The first-order valence-corrected chi connectivity index (χ1v) is 14.7. The number of rotatable bonds is 11. The second kappa shape index (κ2) is 14.7. The minimum atomic E-state index is -0.541. The standard InChI is InChI=1S/C35H32N2O5S/c1-40-31-22-32(41-34(38)36(23-27-14-6-2-7-15-27)24-28-16-8-3-9-17-28)43-33(31)42-35(39)37(25-29-18-10-4-11-19-29)26-30-20-12-5-13-21-30/h2-22H,23-26H2,1H3. The fourth-order valence-electron chi connectivity index (χ4n) is 4.48. The molecule has 0 aliphatic heterocycles. The van der Waals surface area contributed by atoms with Crippen molar-refractivity contribution in [2.24, 2.45) is 0 Å². The average molecular weight is 593 g/mol. The van der Waals surface area contributed by atoms with Gasteiger partial charge in [0.1, 0.15) is 0 Å². The molecule has 0 radical (unpaired) electrons. The number of carbonyl (C=O) groups excluding carboxylic acids is 2. The van der Waals surface area contributed by atoms with Gasteiger partial charge in [0.05, 0.1) is 7.11 Å². The third-order valence-electron chi connectivity index (χ3n) is 6.61. The number of carbonyl (C=O) groups is 2. The van der Waals surface area contributed by atoms with Crippen LogP contribution in [0.15, 0.2) is 127 Å². The number of nitrogens with zero attached hydrogens (tertiary/aromatic N) is 2. The summed E-state index contributed by atoms with van der Waals surface area (Å²) >= 11 is 1.04. The van der Waals surface area contributed by atoms with Crippen molar-refractivity contribution < 1.29 is 23.8 Å². The first kappa shape index (κ1) is 29.4. The van der Waals surface area contributed by atoms with Crippen LogP contribution in [0, 0.1) is 0 Å². The summed E-state index contributed by atoms with van der Waals surface area (Å²) in [5.41, 5.74) is 3.90. The first-order valence-electron chi connectivity index (χ1n) is 13.8. The van der Waals surface area contributed by atoms with Gasteiger partial charge in [-0.25, -0.2) is 9.59 Å². The summed E-state index contributed by atoms with van der Waals surface area (Å²) in [6, 6.07) is 40.5. The molecule has 0 saturated heterocycles. The average Bonchev–Trinajstić information content (AvgIpc) is 3.43. The summed E-state index contributed by atoms with van der Waals surface area (Å²) in [4.78, 5) is 30.1. The topological polar surface area (TPSA) is 68.3 Å². The van der Waals surface area contributed by atoms with Gasteiger partial charge in [-0.3, -0.25) is 9.80 Å². The van der Waals surface area contributed by atoms with Crippen LogP contribution in [-0.4, -0.2) is 29.1 Å². The lowest BCUT2D eigenvalue weighted by Gasteiger charge is -2.22. The van der Waals surface area contributed by atoms with Crippen LogP contribution in [0.4, 0.5) is 9.59 Å². The van der Waals surface area contributed by atoms with Crippen LogP contribution in [0.1, 0.15) is 22.3 Å². The van der Waals surface area contributed by atoms with Crippen LogP contribution in [0.2, 0.25) is 0 Å². The fraction of sp³-hybridized carbons (Fsp3) is 0.143. The molecule has 4 aromatic carbocycles. The molecule has 0 saturated carbocycles. The van der Waals surface area contributed by atoms with Crippen molar-refractivity contribution in [3.8, 4) is 15.9 Å². The molecule has 8 heteroatoms. The summed E-state index contributed by atoms with van der Waals surface area (Å²) in [7, 11) is 1.48. The zero-order valence-electron chi connectivity index (χ0n) is 23.8. The van der Waals surface area contributed by atoms with Crippen molar-refractivity contribution in [3.63, 3.8) is 0 Å². The molecule has 0 atom stereocenters. The molecule has 0 aliphatic carbocycles. The summed E-state index contributed by atoms with van der Waals surface area (Å²) in [5, 5.41) is 0.465. The van der Waals surface area contributed by atoms with Crippen LogP contribution in [0.3, 0.4) is 0 Å². The molecule has 43 heavy (non-hydrogen) atoms. The van der Waals surface area contributed by atoms with Crippen molar-refractivity contribution in [2.75, 3.05) is 7.11 Å². The van der Waals surface area contributed by atoms with Gasteiger partial charge < -0.3 is 14.2 Å². The molecule has 0 spiro atoms. The Bertz CT molecular complexity index is 1510. The Morgan fingerprint density at radius 2 is 0.907 bits per heavy atom. The Morgan fingerprint density at radius 1 is 0.558 bits per heavy atom. The van der Waals surface area contributed by atoms with Gasteiger partial charge in [0.15, 0.2) is 10.8 Å². The monoisotopic (exact) mass is 592 g/mol. The number of hydrogen-bond donors (Lipinski definition) is 0. The van der Waals surface area contributed by atoms with Gasteiger partial charge in [-0.2, -0.15) is 0 Å². The van der Waals surface area contributed by atoms with E-state index in [1.54, 1.807) is 15.9 Å². The summed E-state index contributed by atoms with van der Waals surface area (Å²) in [6.07, 6.45) is -1.07. The largest absolute Gasteiger partial charge is 0.492 e. The van der Waals surface area contributed by atoms with Crippen molar-refractivity contribution >= 4 is 23.5 Å². The lowest BCUT2D eigenvalue weighted by molar-refractivity contribution is 0.146. The first-order chi connectivity index (χ1) is 21.1. The summed E-state index contributed by atoms with van der Waals surface area (Å²) in [6.45, 7) is 1.45. The Hall–Kier alpha value is -5.08. The number of amides is 2. The molecule has 218 valence electrons.